The first kappa shape index (κ1) is 13.3. The summed E-state index contributed by atoms with van der Waals surface area (Å²) in [6.45, 7) is 5.14. The molecular weight excluding hydrogens is 222 g/mol. The quantitative estimate of drug-likeness (QED) is 0.637. The van der Waals surface area contributed by atoms with E-state index in [1.54, 1.807) is 0 Å². The summed E-state index contributed by atoms with van der Waals surface area (Å²) in [5.74, 6) is -1.41. The van der Waals surface area contributed by atoms with Gasteiger partial charge in [-0.25, -0.2) is 4.79 Å². The number of aliphatic carboxylic acids is 1. The van der Waals surface area contributed by atoms with E-state index >= 15 is 0 Å². The van der Waals surface area contributed by atoms with Gasteiger partial charge in [-0.3, -0.25) is 5.32 Å². The van der Waals surface area contributed by atoms with Crippen molar-refractivity contribution in [3.63, 3.8) is 0 Å². The summed E-state index contributed by atoms with van der Waals surface area (Å²) in [6.07, 6.45) is 0. The van der Waals surface area contributed by atoms with E-state index < -0.39 is 11.5 Å². The number of nitrogens with one attached hydrogen (secondary N) is 1. The fourth-order valence-electron chi connectivity index (χ4n) is 1.73. The van der Waals surface area contributed by atoms with Gasteiger partial charge in [0.25, 0.3) is 0 Å². The Morgan fingerprint density at radius 1 is 1.24 bits per heavy atom. The predicted molar refractivity (Wildman–Crippen MR) is 63.0 cm³/mol. The maximum absolute atomic E-state index is 11.4. The summed E-state index contributed by atoms with van der Waals surface area (Å²) in [5.41, 5.74) is -1.05. The summed E-state index contributed by atoms with van der Waals surface area (Å²) < 4.78 is 0. The number of phenolic OH excluding ortho intramolecular Hbond substituents is 2. The van der Waals surface area contributed by atoms with Crippen molar-refractivity contribution in [2.45, 2.75) is 32.4 Å². The molecule has 0 aliphatic carbocycles. The van der Waals surface area contributed by atoms with E-state index in [-0.39, 0.29) is 17.5 Å². The zero-order chi connectivity index (χ0) is 13.2. The van der Waals surface area contributed by atoms with E-state index in [2.05, 4.69) is 5.32 Å². The highest BCUT2D eigenvalue weighted by molar-refractivity contribution is 5.80. The van der Waals surface area contributed by atoms with Crippen LogP contribution in [0.15, 0.2) is 18.2 Å². The minimum atomic E-state index is -1.36. The Bertz CT molecular complexity index is 410. The molecule has 94 valence electrons. The number of phenols is 2. The molecule has 1 aromatic carbocycles. The van der Waals surface area contributed by atoms with Gasteiger partial charge >= 0.3 is 5.97 Å². The lowest BCUT2D eigenvalue weighted by atomic mass is 9.91. The van der Waals surface area contributed by atoms with Gasteiger partial charge in [-0.1, -0.05) is 0 Å². The molecule has 0 aliphatic heterocycles. The first-order chi connectivity index (χ1) is 7.75. The first-order valence-electron chi connectivity index (χ1n) is 5.30. The van der Waals surface area contributed by atoms with Gasteiger partial charge in [0, 0.05) is 12.1 Å². The van der Waals surface area contributed by atoms with Crippen LogP contribution >= 0.6 is 0 Å². The van der Waals surface area contributed by atoms with E-state index in [4.69, 9.17) is 0 Å². The molecule has 0 saturated carbocycles. The van der Waals surface area contributed by atoms with Crippen molar-refractivity contribution in [1.82, 2.24) is 5.32 Å². The zero-order valence-electron chi connectivity index (χ0n) is 10.1. The van der Waals surface area contributed by atoms with Crippen LogP contribution in [0.2, 0.25) is 0 Å². The molecule has 0 aliphatic rings. The highest BCUT2D eigenvalue weighted by Crippen LogP contribution is 2.29. The topological polar surface area (TPSA) is 89.8 Å². The van der Waals surface area contributed by atoms with Crippen molar-refractivity contribution in [3.8, 4) is 11.5 Å². The molecule has 0 fully saturated rings. The lowest BCUT2D eigenvalue weighted by Crippen LogP contribution is -2.49. The number of hydrogen-bond acceptors (Lipinski definition) is 4. The Hall–Kier alpha value is -1.75. The minimum Gasteiger partial charge on any atom is -0.508 e. The maximum atomic E-state index is 11.4. The molecule has 0 spiro atoms. The lowest BCUT2D eigenvalue weighted by Gasteiger charge is -2.29. The molecule has 5 nitrogen and oxygen atoms in total. The average Bonchev–Trinajstić information content (AvgIpc) is 2.14. The average molecular weight is 239 g/mol. The molecule has 5 heteroatoms. The second-order valence-corrected chi connectivity index (χ2v) is 4.47. The van der Waals surface area contributed by atoms with Crippen LogP contribution in [-0.2, 0) is 10.3 Å². The van der Waals surface area contributed by atoms with Crippen LogP contribution in [0.4, 0.5) is 0 Å². The Labute approximate surface area is 99.7 Å². The molecule has 0 heterocycles. The monoisotopic (exact) mass is 239 g/mol. The standard InChI is InChI=1S/C12H17NO4/c1-7(2)13-12(3,11(16)17)8-4-9(14)6-10(15)5-8/h4-7,13-15H,1-3H3,(H,16,17). The van der Waals surface area contributed by atoms with E-state index in [1.807, 2.05) is 13.8 Å². The number of rotatable bonds is 4. The van der Waals surface area contributed by atoms with Gasteiger partial charge in [0.05, 0.1) is 0 Å². The molecule has 17 heavy (non-hydrogen) atoms. The van der Waals surface area contributed by atoms with Gasteiger partial charge in [0.15, 0.2) is 0 Å². The molecule has 0 radical (unpaired) electrons. The van der Waals surface area contributed by atoms with Crippen LogP contribution in [0, 0.1) is 0 Å². The van der Waals surface area contributed by atoms with Crippen molar-refractivity contribution in [2.75, 3.05) is 0 Å². The van der Waals surface area contributed by atoms with Crippen LogP contribution in [0.3, 0.4) is 0 Å². The number of aromatic hydroxyl groups is 2. The molecule has 0 saturated heterocycles. The SMILES string of the molecule is CC(C)NC(C)(C(=O)O)c1cc(O)cc(O)c1. The highest BCUT2D eigenvalue weighted by atomic mass is 16.4. The molecule has 1 rings (SSSR count). The number of carboxylic acids is 1. The summed E-state index contributed by atoms with van der Waals surface area (Å²) >= 11 is 0. The van der Waals surface area contributed by atoms with Crippen molar-refractivity contribution in [2.24, 2.45) is 0 Å². The molecule has 0 amide bonds. The van der Waals surface area contributed by atoms with Crippen LogP contribution in [0.1, 0.15) is 26.3 Å². The number of hydrogen-bond donors (Lipinski definition) is 4. The Kier molecular flexibility index (Phi) is 3.63. The maximum Gasteiger partial charge on any atom is 0.328 e. The van der Waals surface area contributed by atoms with Crippen molar-refractivity contribution in [3.05, 3.63) is 23.8 Å². The Balaban J connectivity index is 3.26. The summed E-state index contributed by atoms with van der Waals surface area (Å²) in [5, 5.41) is 31.0. The minimum absolute atomic E-state index is 0.0550. The molecule has 4 N–H and O–H groups in total. The fraction of sp³-hybridized carbons (Fsp3) is 0.417. The number of benzene rings is 1. The van der Waals surface area contributed by atoms with E-state index in [1.165, 1.54) is 19.1 Å². The van der Waals surface area contributed by atoms with Crippen molar-refractivity contribution >= 4 is 5.97 Å². The van der Waals surface area contributed by atoms with Gasteiger partial charge in [0.1, 0.15) is 17.0 Å². The van der Waals surface area contributed by atoms with E-state index in [0.29, 0.717) is 5.56 Å². The predicted octanol–water partition coefficient (Wildman–Crippen LogP) is 1.40. The summed E-state index contributed by atoms with van der Waals surface area (Å²) in [4.78, 5) is 11.4. The van der Waals surface area contributed by atoms with Gasteiger partial charge in [0.2, 0.25) is 0 Å². The largest absolute Gasteiger partial charge is 0.508 e. The summed E-state index contributed by atoms with van der Waals surface area (Å²) in [7, 11) is 0. The number of carboxylic acid groups (broad SMARTS) is 1. The van der Waals surface area contributed by atoms with E-state index in [0.717, 1.165) is 6.07 Å². The van der Waals surface area contributed by atoms with Crippen molar-refractivity contribution < 1.29 is 20.1 Å². The highest BCUT2D eigenvalue weighted by Gasteiger charge is 2.36. The van der Waals surface area contributed by atoms with Gasteiger partial charge in [-0.2, -0.15) is 0 Å². The van der Waals surface area contributed by atoms with Crippen molar-refractivity contribution in [1.29, 1.82) is 0 Å². The Morgan fingerprint density at radius 3 is 2.06 bits per heavy atom. The summed E-state index contributed by atoms with van der Waals surface area (Å²) in [6, 6.07) is 3.74. The van der Waals surface area contributed by atoms with Crippen LogP contribution < -0.4 is 5.32 Å². The molecular formula is C12H17NO4. The third-order valence-electron chi connectivity index (χ3n) is 2.48. The third-order valence-corrected chi connectivity index (χ3v) is 2.48. The number of carbonyl (C=O) groups is 1. The zero-order valence-corrected chi connectivity index (χ0v) is 10.1. The Morgan fingerprint density at radius 2 is 1.71 bits per heavy atom. The van der Waals surface area contributed by atoms with Crippen LogP contribution in [-0.4, -0.2) is 27.3 Å². The molecule has 1 aromatic rings. The fourth-order valence-corrected chi connectivity index (χ4v) is 1.73. The normalized spacial score (nSPS) is 14.6. The second kappa shape index (κ2) is 4.63. The van der Waals surface area contributed by atoms with E-state index in [9.17, 15) is 20.1 Å². The molecule has 0 bridgehead atoms. The smallest absolute Gasteiger partial charge is 0.328 e. The lowest BCUT2D eigenvalue weighted by molar-refractivity contribution is -0.144. The van der Waals surface area contributed by atoms with Gasteiger partial charge < -0.3 is 15.3 Å². The van der Waals surface area contributed by atoms with Gasteiger partial charge in [-0.05, 0) is 38.5 Å². The molecule has 1 unspecified atom stereocenters. The van der Waals surface area contributed by atoms with Crippen LogP contribution in [0.5, 0.6) is 11.5 Å². The van der Waals surface area contributed by atoms with Gasteiger partial charge in [-0.15, -0.1) is 0 Å². The molecule has 1 atom stereocenters. The van der Waals surface area contributed by atoms with Crippen LogP contribution in [0.25, 0.3) is 0 Å². The first-order valence-corrected chi connectivity index (χ1v) is 5.30. The second-order valence-electron chi connectivity index (χ2n) is 4.47. The molecule has 0 aromatic heterocycles. The third kappa shape index (κ3) is 2.88.